The molecular formula is C36H44N6O5. The number of aromatic nitrogens is 2. The molecule has 1 aromatic heterocycles. The molecule has 0 bridgehead atoms. The molecule has 0 spiro atoms. The van der Waals surface area contributed by atoms with Crippen LogP contribution in [0.4, 0.5) is 11.8 Å². The largest absolute Gasteiger partial charge is 0.493 e. The Kier molecular flexibility index (Phi) is 10.8. The first kappa shape index (κ1) is 33.5. The Morgan fingerprint density at radius 2 is 1.60 bits per heavy atom. The Hall–Kier alpha value is -4.90. The van der Waals surface area contributed by atoms with Gasteiger partial charge in [-0.05, 0) is 72.7 Å². The summed E-state index contributed by atoms with van der Waals surface area (Å²) in [5.41, 5.74) is 5.08. The quantitative estimate of drug-likeness (QED) is 0.206. The summed E-state index contributed by atoms with van der Waals surface area (Å²) in [4.78, 5) is 38.9. The predicted octanol–water partition coefficient (Wildman–Crippen LogP) is 5.03. The lowest BCUT2D eigenvalue weighted by Gasteiger charge is -2.32. The molecule has 2 heterocycles. The summed E-state index contributed by atoms with van der Waals surface area (Å²) < 4.78 is 16.3. The van der Waals surface area contributed by atoms with Crippen molar-refractivity contribution in [2.24, 2.45) is 5.92 Å². The number of carbonyl (C=O) groups is 2. The molecule has 0 radical (unpaired) electrons. The highest BCUT2D eigenvalue weighted by molar-refractivity contribution is 5.96. The summed E-state index contributed by atoms with van der Waals surface area (Å²) in [7, 11) is 8.38. The van der Waals surface area contributed by atoms with E-state index >= 15 is 0 Å². The van der Waals surface area contributed by atoms with Crippen LogP contribution in [0.5, 0.6) is 11.5 Å². The average Bonchev–Trinajstić information content (AvgIpc) is 3.09. The van der Waals surface area contributed by atoms with Crippen LogP contribution in [0.1, 0.15) is 39.1 Å². The highest BCUT2D eigenvalue weighted by Crippen LogP contribution is 2.35. The van der Waals surface area contributed by atoms with E-state index < -0.39 is 0 Å². The number of benzene rings is 3. The third-order valence-corrected chi connectivity index (χ3v) is 8.57. The predicted molar refractivity (Wildman–Crippen MR) is 185 cm³/mol. The lowest BCUT2D eigenvalue weighted by atomic mass is 9.96. The van der Waals surface area contributed by atoms with Gasteiger partial charge in [-0.15, -0.1) is 0 Å². The second-order valence-corrected chi connectivity index (χ2v) is 12.0. The third-order valence-electron chi connectivity index (χ3n) is 8.57. The molecule has 47 heavy (non-hydrogen) atoms. The van der Waals surface area contributed by atoms with Gasteiger partial charge in [0.25, 0.3) is 11.8 Å². The minimum Gasteiger partial charge on any atom is -0.493 e. The van der Waals surface area contributed by atoms with Crippen molar-refractivity contribution in [1.82, 2.24) is 20.2 Å². The monoisotopic (exact) mass is 640 g/mol. The fourth-order valence-electron chi connectivity index (χ4n) is 5.85. The Balaban J connectivity index is 1.19. The summed E-state index contributed by atoms with van der Waals surface area (Å²) in [6.45, 7) is 5.31. The lowest BCUT2D eigenvalue weighted by molar-refractivity contribution is 0.0827. The van der Waals surface area contributed by atoms with E-state index in [-0.39, 0.29) is 11.8 Å². The van der Waals surface area contributed by atoms with E-state index in [0.717, 1.165) is 59.3 Å². The molecule has 1 aliphatic heterocycles. The number of nitrogens with one attached hydrogen (secondary N) is 2. The highest BCUT2D eigenvalue weighted by atomic mass is 16.5. The van der Waals surface area contributed by atoms with Gasteiger partial charge >= 0.3 is 0 Å². The fourth-order valence-corrected chi connectivity index (χ4v) is 5.85. The van der Waals surface area contributed by atoms with Crippen molar-refractivity contribution in [1.29, 1.82) is 0 Å². The standard InChI is InChI=1S/C36H44N6O5/c1-23-19-27(35(44)41(2)3)11-12-28(23)25-7-9-26(10-8-25)34(43)38-22-24-13-16-42(17-14-24)36-39-30-21-32(47-6)31(46-5)20-29(30)33(40-36)37-15-18-45-4/h7-12,19-21,24H,13-18,22H2,1-6H3,(H,38,43)(H,37,39,40). The van der Waals surface area contributed by atoms with E-state index in [1.54, 1.807) is 40.3 Å². The van der Waals surface area contributed by atoms with E-state index in [2.05, 4.69) is 15.5 Å². The van der Waals surface area contributed by atoms with Gasteiger partial charge in [-0.2, -0.15) is 4.98 Å². The molecule has 0 aliphatic carbocycles. The topological polar surface area (TPSA) is 118 Å². The van der Waals surface area contributed by atoms with Crippen LogP contribution in [0.15, 0.2) is 54.6 Å². The van der Waals surface area contributed by atoms with Crippen molar-refractivity contribution in [3.05, 3.63) is 71.3 Å². The van der Waals surface area contributed by atoms with Gasteiger partial charge in [0.1, 0.15) is 5.82 Å². The van der Waals surface area contributed by atoms with Crippen LogP contribution in [-0.4, -0.2) is 94.9 Å². The molecule has 1 saturated heterocycles. The van der Waals surface area contributed by atoms with Gasteiger partial charge in [-0.1, -0.05) is 18.2 Å². The van der Waals surface area contributed by atoms with Gasteiger partial charge in [0.2, 0.25) is 5.95 Å². The van der Waals surface area contributed by atoms with Gasteiger partial charge in [0.05, 0.1) is 26.3 Å². The molecular weight excluding hydrogens is 596 g/mol. The average molecular weight is 641 g/mol. The SMILES string of the molecule is COCCNc1nc(N2CCC(CNC(=O)c3ccc(-c4ccc(C(=O)N(C)C)cc4C)cc3)CC2)nc2cc(OC)c(OC)cc12. The molecule has 2 N–H and O–H groups in total. The van der Waals surface area contributed by atoms with Crippen molar-refractivity contribution < 1.29 is 23.8 Å². The summed E-state index contributed by atoms with van der Waals surface area (Å²) in [5, 5.41) is 7.36. The molecule has 11 nitrogen and oxygen atoms in total. The Bertz CT molecular complexity index is 1720. The summed E-state index contributed by atoms with van der Waals surface area (Å²) in [6.07, 6.45) is 1.81. The van der Waals surface area contributed by atoms with Crippen LogP contribution < -0.4 is 25.0 Å². The molecule has 0 saturated carbocycles. The molecule has 4 aromatic rings. The number of nitrogens with zero attached hydrogens (tertiary/aromatic N) is 4. The molecule has 3 aromatic carbocycles. The Labute approximate surface area is 276 Å². The minimum absolute atomic E-state index is 0.0260. The first-order valence-electron chi connectivity index (χ1n) is 15.8. The van der Waals surface area contributed by atoms with Crippen LogP contribution in [-0.2, 0) is 4.74 Å². The number of methoxy groups -OCH3 is 3. The maximum absolute atomic E-state index is 13.0. The van der Waals surface area contributed by atoms with Gasteiger partial charge in [-0.3, -0.25) is 9.59 Å². The number of carbonyl (C=O) groups excluding carboxylic acids is 2. The Morgan fingerprint density at radius 3 is 2.23 bits per heavy atom. The zero-order valence-electron chi connectivity index (χ0n) is 28.1. The fraction of sp³-hybridized carbons (Fsp3) is 0.389. The number of anilines is 2. The number of fused-ring (bicyclic) bond motifs is 1. The minimum atomic E-state index is -0.0864. The molecule has 248 valence electrons. The number of hydrogen-bond acceptors (Lipinski definition) is 9. The molecule has 2 amide bonds. The molecule has 0 atom stereocenters. The van der Waals surface area contributed by atoms with E-state index in [1.165, 1.54) is 0 Å². The molecule has 0 unspecified atom stereocenters. The zero-order chi connectivity index (χ0) is 33.5. The second-order valence-electron chi connectivity index (χ2n) is 12.0. The maximum Gasteiger partial charge on any atom is 0.253 e. The first-order chi connectivity index (χ1) is 22.7. The van der Waals surface area contributed by atoms with Crippen LogP contribution in [0.25, 0.3) is 22.0 Å². The summed E-state index contributed by atoms with van der Waals surface area (Å²) in [6, 6.07) is 17.1. The van der Waals surface area contributed by atoms with Gasteiger partial charge in [0.15, 0.2) is 11.5 Å². The number of aryl methyl sites for hydroxylation is 1. The van der Waals surface area contributed by atoms with Crippen LogP contribution in [0.2, 0.25) is 0 Å². The van der Waals surface area contributed by atoms with Crippen molar-refractivity contribution in [2.45, 2.75) is 19.8 Å². The van der Waals surface area contributed by atoms with Crippen molar-refractivity contribution >= 4 is 34.5 Å². The van der Waals surface area contributed by atoms with Crippen molar-refractivity contribution in [3.8, 4) is 22.6 Å². The molecule has 1 fully saturated rings. The van der Waals surface area contributed by atoms with Crippen LogP contribution in [0.3, 0.4) is 0 Å². The van der Waals surface area contributed by atoms with E-state index in [9.17, 15) is 9.59 Å². The number of ether oxygens (including phenoxy) is 3. The first-order valence-corrected chi connectivity index (χ1v) is 15.8. The number of piperidine rings is 1. The number of amides is 2. The lowest BCUT2D eigenvalue weighted by Crippen LogP contribution is -2.39. The van der Waals surface area contributed by atoms with E-state index in [1.807, 2.05) is 61.5 Å². The van der Waals surface area contributed by atoms with Gasteiger partial charge < -0.3 is 34.6 Å². The van der Waals surface area contributed by atoms with Crippen molar-refractivity contribution in [2.75, 3.05) is 78.4 Å². The molecule has 1 aliphatic rings. The maximum atomic E-state index is 13.0. The molecule has 11 heteroatoms. The Morgan fingerprint density at radius 1 is 0.915 bits per heavy atom. The normalized spacial score (nSPS) is 13.4. The summed E-state index contributed by atoms with van der Waals surface area (Å²) >= 11 is 0. The van der Waals surface area contributed by atoms with Gasteiger partial charge in [-0.25, -0.2) is 4.98 Å². The second kappa shape index (κ2) is 15.1. The van der Waals surface area contributed by atoms with E-state index in [4.69, 9.17) is 24.2 Å². The highest BCUT2D eigenvalue weighted by Gasteiger charge is 2.23. The number of hydrogen-bond donors (Lipinski definition) is 2. The van der Waals surface area contributed by atoms with Gasteiger partial charge in [0, 0.05) is 70.0 Å². The number of rotatable bonds is 12. The smallest absolute Gasteiger partial charge is 0.253 e. The third kappa shape index (κ3) is 7.74. The summed E-state index contributed by atoms with van der Waals surface area (Å²) in [5.74, 6) is 2.84. The van der Waals surface area contributed by atoms with Crippen LogP contribution >= 0.6 is 0 Å². The van der Waals surface area contributed by atoms with Crippen molar-refractivity contribution in [3.63, 3.8) is 0 Å². The molecule has 5 rings (SSSR count). The van der Waals surface area contributed by atoms with Crippen LogP contribution in [0, 0.1) is 12.8 Å². The zero-order valence-corrected chi connectivity index (χ0v) is 28.1. The van der Waals surface area contributed by atoms with E-state index in [0.29, 0.717) is 54.2 Å².